The van der Waals surface area contributed by atoms with Crippen LogP contribution < -0.4 is 0 Å². The van der Waals surface area contributed by atoms with E-state index in [4.69, 9.17) is 9.47 Å². The van der Waals surface area contributed by atoms with Crippen LogP contribution in [0.25, 0.3) is 0 Å². The van der Waals surface area contributed by atoms with Crippen LogP contribution in [0.15, 0.2) is 23.3 Å². The number of allylic oxidation sites excluding steroid dienone is 3. The van der Waals surface area contributed by atoms with Crippen LogP contribution >= 0.6 is 0 Å². The molecule has 3 heteroatoms. The van der Waals surface area contributed by atoms with Crippen molar-refractivity contribution in [2.75, 3.05) is 26.4 Å². The molecule has 3 nitrogen and oxygen atoms in total. The average Bonchev–Trinajstić information content (AvgIpc) is 2.42. The first-order valence-electron chi connectivity index (χ1n) is 7.58. The molecule has 20 heavy (non-hydrogen) atoms. The first kappa shape index (κ1) is 19.1. The Morgan fingerprint density at radius 2 is 1.40 bits per heavy atom. The summed E-state index contributed by atoms with van der Waals surface area (Å²) in [7, 11) is 0. The Morgan fingerprint density at radius 3 is 2.05 bits per heavy atom. The highest BCUT2D eigenvalue weighted by Gasteiger charge is 1.99. The Labute approximate surface area is 124 Å². The zero-order chi connectivity index (χ0) is 15.2. The topological polar surface area (TPSA) is 35.5 Å². The van der Waals surface area contributed by atoms with Gasteiger partial charge in [0.05, 0.1) is 6.61 Å². The normalized spacial score (nSPS) is 12.8. The molecule has 0 amide bonds. The lowest BCUT2D eigenvalue weighted by atomic mass is 10.1. The molecule has 0 heterocycles. The summed E-state index contributed by atoms with van der Waals surface area (Å²) in [6.45, 7) is 10.5. The van der Waals surface area contributed by atoms with Gasteiger partial charge in [0.15, 0.2) is 5.78 Å². The van der Waals surface area contributed by atoms with Gasteiger partial charge >= 0.3 is 0 Å². The lowest BCUT2D eigenvalue weighted by Crippen LogP contribution is -2.07. The maximum atomic E-state index is 11.4. The number of Topliss-reactive ketones (excluding diaryl/α,β-unsaturated/α-hetero) is 1. The van der Waals surface area contributed by atoms with Gasteiger partial charge in [0.1, 0.15) is 6.61 Å². The van der Waals surface area contributed by atoms with Crippen LogP contribution in [0, 0.1) is 0 Å². The summed E-state index contributed by atoms with van der Waals surface area (Å²) in [5.74, 6) is 0.184. The van der Waals surface area contributed by atoms with Gasteiger partial charge in [-0.2, -0.15) is 0 Å². The first-order chi connectivity index (χ1) is 9.60. The molecule has 116 valence electrons. The molecule has 0 unspecified atom stereocenters. The van der Waals surface area contributed by atoms with E-state index in [9.17, 15) is 4.79 Å². The highest BCUT2D eigenvalue weighted by molar-refractivity contribution is 5.79. The minimum atomic E-state index is 0.184. The summed E-state index contributed by atoms with van der Waals surface area (Å²) in [4.78, 5) is 11.4. The predicted molar refractivity (Wildman–Crippen MR) is 84.0 cm³/mol. The van der Waals surface area contributed by atoms with Gasteiger partial charge in [0.2, 0.25) is 0 Å². The summed E-state index contributed by atoms with van der Waals surface area (Å²) in [6, 6.07) is 0. The fourth-order valence-corrected chi connectivity index (χ4v) is 1.74. The summed E-state index contributed by atoms with van der Waals surface area (Å²) < 4.78 is 10.4. The Kier molecular flexibility index (Phi) is 12.5. The summed E-state index contributed by atoms with van der Waals surface area (Å²) in [5, 5.41) is 0. The summed E-state index contributed by atoms with van der Waals surface area (Å²) >= 11 is 0. The van der Waals surface area contributed by atoms with Crippen molar-refractivity contribution < 1.29 is 14.3 Å². The zero-order valence-corrected chi connectivity index (χ0v) is 13.5. The van der Waals surface area contributed by atoms with Gasteiger partial charge in [0.25, 0.3) is 0 Å². The van der Waals surface area contributed by atoms with E-state index in [2.05, 4.69) is 26.0 Å². The number of ketones is 1. The van der Waals surface area contributed by atoms with Crippen molar-refractivity contribution in [1.29, 1.82) is 0 Å². The van der Waals surface area contributed by atoms with E-state index in [0.29, 0.717) is 13.0 Å². The molecule has 0 rings (SSSR count). The molecule has 0 saturated carbocycles. The molecule has 0 aliphatic carbocycles. The third-order valence-electron chi connectivity index (χ3n) is 2.95. The molecule has 0 N–H and O–H groups in total. The first-order valence-corrected chi connectivity index (χ1v) is 7.58. The van der Waals surface area contributed by atoms with Gasteiger partial charge in [-0.15, -0.1) is 0 Å². The van der Waals surface area contributed by atoms with Crippen molar-refractivity contribution in [3.8, 4) is 0 Å². The molecule has 0 saturated heterocycles. The molecule has 0 bridgehead atoms. The molecule has 0 aromatic carbocycles. The largest absolute Gasteiger partial charge is 0.377 e. The van der Waals surface area contributed by atoms with Crippen LogP contribution in [-0.2, 0) is 14.3 Å². The molecule has 0 atom stereocenters. The second-order valence-electron chi connectivity index (χ2n) is 4.99. The van der Waals surface area contributed by atoms with Crippen molar-refractivity contribution in [2.45, 2.75) is 53.4 Å². The van der Waals surface area contributed by atoms with Gasteiger partial charge in [-0.25, -0.2) is 0 Å². The van der Waals surface area contributed by atoms with Gasteiger partial charge in [-0.05, 0) is 47.0 Å². The zero-order valence-electron chi connectivity index (χ0n) is 13.5. The van der Waals surface area contributed by atoms with Gasteiger partial charge in [-0.3, -0.25) is 4.79 Å². The lowest BCUT2D eigenvalue weighted by molar-refractivity contribution is -0.123. The van der Waals surface area contributed by atoms with E-state index in [1.54, 1.807) is 0 Å². The summed E-state index contributed by atoms with van der Waals surface area (Å²) in [6.07, 6.45) is 7.87. The molecular weight excluding hydrogens is 252 g/mol. The molecule has 0 radical (unpaired) electrons. The van der Waals surface area contributed by atoms with Crippen LogP contribution in [0.1, 0.15) is 53.4 Å². The molecular formula is C17H30O3. The fraction of sp³-hybridized carbons (Fsp3) is 0.706. The smallest absolute Gasteiger partial charge is 0.158 e. The number of hydrogen-bond acceptors (Lipinski definition) is 3. The molecule has 0 aromatic rings. The highest BCUT2D eigenvalue weighted by Crippen LogP contribution is 2.09. The Hall–Kier alpha value is -0.930. The van der Waals surface area contributed by atoms with E-state index >= 15 is 0 Å². The average molecular weight is 282 g/mol. The third kappa shape index (κ3) is 12.1. The fourth-order valence-electron chi connectivity index (χ4n) is 1.74. The SMILES string of the molecule is CCOCC(=O)CCC=C(C)CCC=C(C)COCC. The predicted octanol–water partition coefficient (Wildman–Crippen LogP) is 4.08. The Morgan fingerprint density at radius 1 is 0.850 bits per heavy atom. The van der Waals surface area contributed by atoms with E-state index in [0.717, 1.165) is 32.5 Å². The second kappa shape index (κ2) is 13.1. The molecule has 0 fully saturated rings. The van der Waals surface area contributed by atoms with Crippen LogP contribution in [0.5, 0.6) is 0 Å². The van der Waals surface area contributed by atoms with Crippen LogP contribution in [-0.4, -0.2) is 32.2 Å². The number of rotatable bonds is 12. The number of ether oxygens (including phenoxy) is 2. The molecule has 0 aliphatic rings. The second-order valence-corrected chi connectivity index (χ2v) is 4.99. The molecule has 0 aliphatic heterocycles. The van der Waals surface area contributed by atoms with Crippen molar-refractivity contribution in [2.24, 2.45) is 0 Å². The molecule has 0 aromatic heterocycles. The number of carbonyl (C=O) groups excluding carboxylic acids is 1. The summed E-state index contributed by atoms with van der Waals surface area (Å²) in [5.41, 5.74) is 2.63. The van der Waals surface area contributed by atoms with Crippen molar-refractivity contribution in [3.05, 3.63) is 23.3 Å². The van der Waals surface area contributed by atoms with Gasteiger partial charge in [0, 0.05) is 19.6 Å². The van der Waals surface area contributed by atoms with Crippen molar-refractivity contribution in [3.63, 3.8) is 0 Å². The quantitative estimate of drug-likeness (QED) is 0.506. The monoisotopic (exact) mass is 282 g/mol. The van der Waals surface area contributed by atoms with Crippen LogP contribution in [0.4, 0.5) is 0 Å². The minimum Gasteiger partial charge on any atom is -0.377 e. The van der Waals surface area contributed by atoms with E-state index in [1.165, 1.54) is 11.1 Å². The number of hydrogen-bond donors (Lipinski definition) is 0. The van der Waals surface area contributed by atoms with Crippen LogP contribution in [0.3, 0.4) is 0 Å². The standard InChI is InChI=1S/C17H30O3/c1-5-19-13-16(4)11-7-9-15(3)10-8-12-17(18)14-20-6-2/h10-11H,5-9,12-14H2,1-4H3. The van der Waals surface area contributed by atoms with Gasteiger partial charge in [-0.1, -0.05) is 23.3 Å². The Bertz CT molecular complexity index is 316. The van der Waals surface area contributed by atoms with Crippen LogP contribution in [0.2, 0.25) is 0 Å². The number of carbonyl (C=O) groups is 1. The van der Waals surface area contributed by atoms with Crippen molar-refractivity contribution in [1.82, 2.24) is 0 Å². The lowest BCUT2D eigenvalue weighted by Gasteiger charge is -2.03. The van der Waals surface area contributed by atoms with E-state index in [-0.39, 0.29) is 12.4 Å². The third-order valence-corrected chi connectivity index (χ3v) is 2.95. The highest BCUT2D eigenvalue weighted by atomic mass is 16.5. The van der Waals surface area contributed by atoms with E-state index in [1.807, 2.05) is 13.8 Å². The van der Waals surface area contributed by atoms with Gasteiger partial charge < -0.3 is 9.47 Å². The van der Waals surface area contributed by atoms with E-state index < -0.39 is 0 Å². The Balaban J connectivity index is 3.77. The minimum absolute atomic E-state index is 0.184. The molecule has 0 spiro atoms. The maximum Gasteiger partial charge on any atom is 0.158 e. The van der Waals surface area contributed by atoms with Crippen molar-refractivity contribution >= 4 is 5.78 Å². The maximum absolute atomic E-state index is 11.4.